The third-order valence-corrected chi connectivity index (χ3v) is 7.44. The first-order valence-corrected chi connectivity index (χ1v) is 10.9. The van der Waals surface area contributed by atoms with Crippen LogP contribution >= 0.6 is 11.3 Å². The molecule has 1 saturated heterocycles. The van der Waals surface area contributed by atoms with Gasteiger partial charge in [0.25, 0.3) is 0 Å². The van der Waals surface area contributed by atoms with Crippen molar-refractivity contribution < 1.29 is 13.2 Å². The van der Waals surface area contributed by atoms with Gasteiger partial charge in [0.2, 0.25) is 5.91 Å². The average Bonchev–Trinajstić information content (AvgIpc) is 3.04. The molecule has 0 saturated carbocycles. The maximum Gasteiger partial charge on any atom is 0.239 e. The molecule has 9 heteroatoms. The van der Waals surface area contributed by atoms with Gasteiger partial charge in [-0.2, -0.15) is 0 Å². The number of nitrogens with zero attached hydrogens (tertiary/aromatic N) is 3. The first-order valence-electron chi connectivity index (χ1n) is 8.26. The Kier molecular flexibility index (Phi) is 4.97. The summed E-state index contributed by atoms with van der Waals surface area (Å²) in [4.78, 5) is 25.1. The summed E-state index contributed by atoms with van der Waals surface area (Å²) in [5.74, 6) is 0.754. The van der Waals surface area contributed by atoms with Crippen LogP contribution < -0.4 is 10.2 Å². The van der Waals surface area contributed by atoms with Crippen molar-refractivity contribution in [2.24, 2.45) is 0 Å². The minimum Gasteiger partial charge on any atom is -0.351 e. The number of amides is 1. The Labute approximate surface area is 151 Å². The number of carbonyl (C=O) groups excluding carboxylic acids is 1. The molecule has 1 N–H and O–H groups in total. The van der Waals surface area contributed by atoms with E-state index >= 15 is 0 Å². The smallest absolute Gasteiger partial charge is 0.239 e. The van der Waals surface area contributed by atoms with Crippen LogP contribution in [0.4, 0.5) is 5.82 Å². The van der Waals surface area contributed by atoms with Crippen molar-refractivity contribution in [1.29, 1.82) is 0 Å². The van der Waals surface area contributed by atoms with Gasteiger partial charge in [-0.1, -0.05) is 0 Å². The van der Waals surface area contributed by atoms with Gasteiger partial charge < -0.3 is 10.2 Å². The maximum atomic E-state index is 12.4. The van der Waals surface area contributed by atoms with Gasteiger partial charge in [-0.15, -0.1) is 11.3 Å². The van der Waals surface area contributed by atoms with Crippen LogP contribution in [0.15, 0.2) is 6.33 Å². The van der Waals surface area contributed by atoms with Crippen LogP contribution in [0.25, 0.3) is 10.2 Å². The molecule has 2 aromatic heterocycles. The maximum absolute atomic E-state index is 12.4. The summed E-state index contributed by atoms with van der Waals surface area (Å²) >= 11 is 1.62. The molecule has 3 heterocycles. The van der Waals surface area contributed by atoms with Crippen LogP contribution in [0.1, 0.15) is 23.8 Å². The molecule has 7 nitrogen and oxygen atoms in total. The second-order valence-electron chi connectivity index (χ2n) is 6.34. The van der Waals surface area contributed by atoms with Gasteiger partial charge in [0.15, 0.2) is 9.84 Å². The number of fused-ring (bicyclic) bond motifs is 1. The molecule has 0 spiro atoms. The zero-order valence-electron chi connectivity index (χ0n) is 14.6. The van der Waals surface area contributed by atoms with Crippen molar-refractivity contribution in [3.05, 3.63) is 16.8 Å². The van der Waals surface area contributed by atoms with Gasteiger partial charge in [-0.25, -0.2) is 18.4 Å². The second-order valence-corrected chi connectivity index (χ2v) is 9.77. The van der Waals surface area contributed by atoms with E-state index in [0.29, 0.717) is 13.0 Å². The van der Waals surface area contributed by atoms with Gasteiger partial charge in [-0.3, -0.25) is 4.79 Å². The molecule has 1 fully saturated rings. The summed E-state index contributed by atoms with van der Waals surface area (Å²) < 4.78 is 23.1. The van der Waals surface area contributed by atoms with Crippen molar-refractivity contribution >= 4 is 43.1 Å². The molecule has 0 radical (unpaired) electrons. The number of thiophene rings is 1. The number of aromatic nitrogens is 2. The second kappa shape index (κ2) is 6.87. The van der Waals surface area contributed by atoms with E-state index in [1.54, 1.807) is 11.3 Å². The fourth-order valence-corrected chi connectivity index (χ4v) is 5.76. The highest BCUT2D eigenvalue weighted by Crippen LogP contribution is 2.34. The number of likely N-dealkylation sites (N-methyl/N-ethyl adjacent to an activating group) is 1. The SMILES string of the molecule is CCN(CC(=O)N[C@H]1CCS(=O)(=O)C1)c1ncnc2sc(C)c(C)c12. The fourth-order valence-electron chi connectivity index (χ4n) is 3.10. The monoisotopic (exact) mass is 382 g/mol. The summed E-state index contributed by atoms with van der Waals surface area (Å²) in [6, 6.07) is -0.285. The van der Waals surface area contributed by atoms with Crippen molar-refractivity contribution in [1.82, 2.24) is 15.3 Å². The van der Waals surface area contributed by atoms with Crippen LogP contribution in [0.2, 0.25) is 0 Å². The standard InChI is InChI=1S/C16H22N4O3S2/c1-4-20(7-13(21)19-12-5-6-25(22,23)8-12)15-14-10(2)11(3)24-16(14)18-9-17-15/h9,12H,4-8H2,1-3H3,(H,19,21)/t12-/m0/s1. The molecule has 136 valence electrons. The predicted octanol–water partition coefficient (Wildman–Crippen LogP) is 1.44. The fraction of sp³-hybridized carbons (Fsp3) is 0.562. The number of sulfone groups is 1. The van der Waals surface area contributed by atoms with E-state index in [9.17, 15) is 13.2 Å². The number of anilines is 1. The minimum atomic E-state index is -3.01. The van der Waals surface area contributed by atoms with Gasteiger partial charge in [0, 0.05) is 17.5 Å². The lowest BCUT2D eigenvalue weighted by Crippen LogP contribution is -2.43. The van der Waals surface area contributed by atoms with E-state index in [-0.39, 0.29) is 30.0 Å². The minimum absolute atomic E-state index is 0.0332. The third-order valence-electron chi connectivity index (χ3n) is 4.56. The molecule has 1 atom stereocenters. The summed E-state index contributed by atoms with van der Waals surface area (Å²) in [6.45, 7) is 6.83. The van der Waals surface area contributed by atoms with Gasteiger partial charge in [0.05, 0.1) is 23.4 Å². The van der Waals surface area contributed by atoms with Gasteiger partial charge in [-0.05, 0) is 32.8 Å². The number of aryl methyl sites for hydroxylation is 2. The number of hydrogen-bond acceptors (Lipinski definition) is 7. The van der Waals surface area contributed by atoms with E-state index in [4.69, 9.17) is 0 Å². The zero-order chi connectivity index (χ0) is 18.2. The summed E-state index contributed by atoms with van der Waals surface area (Å²) in [7, 11) is -3.01. The van der Waals surface area contributed by atoms with Crippen LogP contribution in [-0.2, 0) is 14.6 Å². The molecule has 3 rings (SSSR count). The average molecular weight is 383 g/mol. The topological polar surface area (TPSA) is 92.3 Å². The van der Waals surface area contributed by atoms with E-state index in [1.807, 2.05) is 18.7 Å². The summed E-state index contributed by atoms with van der Waals surface area (Å²) in [6.07, 6.45) is 2.01. The van der Waals surface area contributed by atoms with Crippen molar-refractivity contribution in [2.75, 3.05) is 29.5 Å². The highest BCUT2D eigenvalue weighted by Gasteiger charge is 2.29. The van der Waals surface area contributed by atoms with Crippen LogP contribution in [-0.4, -0.2) is 54.9 Å². The Morgan fingerprint density at radius 1 is 1.40 bits per heavy atom. The first kappa shape index (κ1) is 18.1. The number of rotatable bonds is 5. The van der Waals surface area contributed by atoms with Crippen molar-refractivity contribution in [3.63, 3.8) is 0 Å². The quantitative estimate of drug-likeness (QED) is 0.841. The lowest BCUT2D eigenvalue weighted by Gasteiger charge is -2.23. The largest absolute Gasteiger partial charge is 0.351 e. The Bertz CT molecular complexity index is 907. The molecule has 2 aromatic rings. The Morgan fingerprint density at radius 2 is 2.16 bits per heavy atom. The Balaban J connectivity index is 1.78. The lowest BCUT2D eigenvalue weighted by atomic mass is 10.2. The number of carbonyl (C=O) groups is 1. The Hall–Kier alpha value is -1.74. The number of hydrogen-bond donors (Lipinski definition) is 1. The van der Waals surface area contributed by atoms with Crippen LogP contribution in [0, 0.1) is 13.8 Å². The molecular weight excluding hydrogens is 360 g/mol. The molecule has 1 aliphatic heterocycles. The normalized spacial score (nSPS) is 19.2. The highest BCUT2D eigenvalue weighted by molar-refractivity contribution is 7.91. The van der Waals surface area contributed by atoms with Crippen LogP contribution in [0.3, 0.4) is 0 Å². The van der Waals surface area contributed by atoms with Gasteiger partial charge in [0.1, 0.15) is 17.0 Å². The van der Waals surface area contributed by atoms with E-state index < -0.39 is 9.84 Å². The third kappa shape index (κ3) is 3.77. The van der Waals surface area contributed by atoms with E-state index in [0.717, 1.165) is 21.6 Å². The zero-order valence-corrected chi connectivity index (χ0v) is 16.2. The summed E-state index contributed by atoms with van der Waals surface area (Å²) in [5, 5.41) is 3.83. The molecular formula is C16H22N4O3S2. The highest BCUT2D eigenvalue weighted by atomic mass is 32.2. The lowest BCUT2D eigenvalue weighted by molar-refractivity contribution is -0.120. The molecule has 1 amide bonds. The molecule has 0 aromatic carbocycles. The predicted molar refractivity (Wildman–Crippen MR) is 100.0 cm³/mol. The number of nitrogens with one attached hydrogen (secondary N) is 1. The van der Waals surface area contributed by atoms with Crippen molar-refractivity contribution in [3.8, 4) is 0 Å². The Morgan fingerprint density at radius 3 is 2.80 bits per heavy atom. The molecule has 0 bridgehead atoms. The van der Waals surface area contributed by atoms with E-state index in [1.165, 1.54) is 11.2 Å². The molecule has 1 aliphatic rings. The summed E-state index contributed by atoms with van der Waals surface area (Å²) in [5.41, 5.74) is 1.14. The molecule has 25 heavy (non-hydrogen) atoms. The molecule has 0 unspecified atom stereocenters. The molecule has 0 aliphatic carbocycles. The first-order chi connectivity index (χ1) is 11.8. The van der Waals surface area contributed by atoms with Crippen molar-refractivity contribution in [2.45, 2.75) is 33.2 Å². The van der Waals surface area contributed by atoms with Crippen LogP contribution in [0.5, 0.6) is 0 Å². The van der Waals surface area contributed by atoms with E-state index in [2.05, 4.69) is 22.2 Å². The van der Waals surface area contributed by atoms with Gasteiger partial charge >= 0.3 is 0 Å².